The van der Waals surface area contributed by atoms with E-state index in [0.29, 0.717) is 12.6 Å². The lowest BCUT2D eigenvalue weighted by atomic mass is 10.1. The van der Waals surface area contributed by atoms with Crippen LogP contribution in [0.4, 0.5) is 10.1 Å². The van der Waals surface area contributed by atoms with Gasteiger partial charge in [0.25, 0.3) is 0 Å². The van der Waals surface area contributed by atoms with Crippen LogP contribution in [0, 0.1) is 5.82 Å². The lowest BCUT2D eigenvalue weighted by molar-refractivity contribution is 0.400. The fourth-order valence-electron chi connectivity index (χ4n) is 2.35. The van der Waals surface area contributed by atoms with Crippen LogP contribution in [-0.2, 0) is 6.54 Å². The number of nitrogens with one attached hydrogen (secondary N) is 1. The number of benzene rings is 1. The van der Waals surface area contributed by atoms with E-state index in [0.717, 1.165) is 37.3 Å². The minimum Gasteiger partial charge on any atom is -0.371 e. The number of halogens is 1. The molecule has 120 valence electrons. The van der Waals surface area contributed by atoms with E-state index in [1.54, 1.807) is 12.1 Å². The Kier molecular flexibility index (Phi) is 7.68. The van der Waals surface area contributed by atoms with Crippen LogP contribution in [0.15, 0.2) is 18.2 Å². The second-order valence-corrected chi connectivity index (χ2v) is 6.01. The van der Waals surface area contributed by atoms with Crippen LogP contribution in [-0.4, -0.2) is 44.7 Å². The van der Waals surface area contributed by atoms with Crippen molar-refractivity contribution in [3.63, 3.8) is 0 Å². The lowest BCUT2D eigenvalue weighted by Gasteiger charge is -2.27. The van der Waals surface area contributed by atoms with Crippen molar-refractivity contribution in [3.8, 4) is 0 Å². The Hall–Kier alpha value is -1.13. The molecule has 21 heavy (non-hydrogen) atoms. The van der Waals surface area contributed by atoms with Crippen LogP contribution >= 0.6 is 0 Å². The molecule has 3 nitrogen and oxygen atoms in total. The number of nitrogens with zero attached hydrogens (tertiary/aromatic N) is 2. The van der Waals surface area contributed by atoms with E-state index in [1.165, 1.54) is 0 Å². The SMILES string of the molecule is CCN(CCCN(C)C)c1cccc(F)c1CNC(C)C. The molecule has 0 amide bonds. The highest BCUT2D eigenvalue weighted by Gasteiger charge is 2.13. The van der Waals surface area contributed by atoms with Gasteiger partial charge in [-0.25, -0.2) is 4.39 Å². The summed E-state index contributed by atoms with van der Waals surface area (Å²) in [5.41, 5.74) is 1.79. The Balaban J connectivity index is 2.84. The van der Waals surface area contributed by atoms with Crippen molar-refractivity contribution in [1.82, 2.24) is 10.2 Å². The molecule has 0 saturated carbocycles. The van der Waals surface area contributed by atoms with Gasteiger partial charge in [-0.05, 0) is 46.1 Å². The van der Waals surface area contributed by atoms with Crippen molar-refractivity contribution in [2.45, 2.75) is 39.8 Å². The van der Waals surface area contributed by atoms with Crippen molar-refractivity contribution in [2.24, 2.45) is 0 Å². The molecule has 0 spiro atoms. The van der Waals surface area contributed by atoms with E-state index in [9.17, 15) is 4.39 Å². The van der Waals surface area contributed by atoms with Crippen molar-refractivity contribution in [3.05, 3.63) is 29.6 Å². The summed E-state index contributed by atoms with van der Waals surface area (Å²) in [6.45, 7) is 9.75. The molecular formula is C17H30FN3. The quantitative estimate of drug-likeness (QED) is 0.755. The summed E-state index contributed by atoms with van der Waals surface area (Å²) in [6.07, 6.45) is 1.08. The van der Waals surface area contributed by atoms with E-state index in [-0.39, 0.29) is 5.82 Å². The van der Waals surface area contributed by atoms with Gasteiger partial charge in [0.05, 0.1) is 0 Å². The van der Waals surface area contributed by atoms with Crippen molar-refractivity contribution in [2.75, 3.05) is 38.6 Å². The van der Waals surface area contributed by atoms with Crippen molar-refractivity contribution in [1.29, 1.82) is 0 Å². The Labute approximate surface area is 129 Å². The molecule has 4 heteroatoms. The van der Waals surface area contributed by atoms with Crippen LogP contribution in [0.1, 0.15) is 32.8 Å². The fraction of sp³-hybridized carbons (Fsp3) is 0.647. The highest BCUT2D eigenvalue weighted by molar-refractivity contribution is 5.54. The second kappa shape index (κ2) is 9.00. The summed E-state index contributed by atoms with van der Waals surface area (Å²) in [7, 11) is 4.16. The van der Waals surface area contributed by atoms with E-state index in [1.807, 2.05) is 6.07 Å². The van der Waals surface area contributed by atoms with Gasteiger partial charge in [-0.3, -0.25) is 0 Å². The molecule has 0 aromatic heterocycles. The second-order valence-electron chi connectivity index (χ2n) is 6.01. The summed E-state index contributed by atoms with van der Waals surface area (Å²) in [5, 5.41) is 3.32. The third kappa shape index (κ3) is 6.02. The van der Waals surface area contributed by atoms with Gasteiger partial charge in [-0.1, -0.05) is 19.9 Å². The standard InChI is InChI=1S/C17H30FN3/c1-6-21(12-8-11-20(4)5)17-10-7-9-16(18)15(17)13-19-14(2)3/h7,9-10,14,19H,6,8,11-13H2,1-5H3. The molecule has 0 aliphatic rings. The molecule has 1 aromatic rings. The van der Waals surface area contributed by atoms with E-state index in [2.05, 4.69) is 50.0 Å². The summed E-state index contributed by atoms with van der Waals surface area (Å²) in [4.78, 5) is 4.45. The minimum absolute atomic E-state index is 0.119. The molecule has 0 fully saturated rings. The topological polar surface area (TPSA) is 18.5 Å². The Morgan fingerprint density at radius 2 is 1.90 bits per heavy atom. The van der Waals surface area contributed by atoms with Crippen LogP contribution in [0.3, 0.4) is 0 Å². The predicted molar refractivity (Wildman–Crippen MR) is 89.4 cm³/mol. The van der Waals surface area contributed by atoms with Crippen molar-refractivity contribution >= 4 is 5.69 Å². The summed E-state index contributed by atoms with van der Waals surface area (Å²) in [6, 6.07) is 5.73. The fourth-order valence-corrected chi connectivity index (χ4v) is 2.35. The summed E-state index contributed by atoms with van der Waals surface area (Å²) in [5.74, 6) is -0.119. The Morgan fingerprint density at radius 1 is 1.19 bits per heavy atom. The highest BCUT2D eigenvalue weighted by atomic mass is 19.1. The maximum Gasteiger partial charge on any atom is 0.129 e. The first kappa shape index (κ1) is 17.9. The number of hydrogen-bond donors (Lipinski definition) is 1. The van der Waals surface area contributed by atoms with Gasteiger partial charge >= 0.3 is 0 Å². The van der Waals surface area contributed by atoms with Gasteiger partial charge in [0.15, 0.2) is 0 Å². The zero-order valence-corrected chi connectivity index (χ0v) is 14.1. The minimum atomic E-state index is -0.119. The summed E-state index contributed by atoms with van der Waals surface area (Å²) >= 11 is 0. The Bertz CT molecular complexity index is 418. The lowest BCUT2D eigenvalue weighted by Crippen LogP contribution is -2.30. The molecular weight excluding hydrogens is 265 g/mol. The zero-order chi connectivity index (χ0) is 15.8. The first-order chi connectivity index (χ1) is 9.95. The van der Waals surface area contributed by atoms with E-state index >= 15 is 0 Å². The largest absolute Gasteiger partial charge is 0.371 e. The smallest absolute Gasteiger partial charge is 0.129 e. The molecule has 1 rings (SSSR count). The monoisotopic (exact) mass is 295 g/mol. The van der Waals surface area contributed by atoms with Crippen molar-refractivity contribution < 1.29 is 4.39 Å². The van der Waals surface area contributed by atoms with Crippen LogP contribution in [0.2, 0.25) is 0 Å². The maximum atomic E-state index is 14.2. The summed E-state index contributed by atoms with van der Waals surface area (Å²) < 4.78 is 14.2. The predicted octanol–water partition coefficient (Wildman–Crippen LogP) is 3.10. The first-order valence-corrected chi connectivity index (χ1v) is 7.86. The first-order valence-electron chi connectivity index (χ1n) is 7.86. The third-order valence-electron chi connectivity index (χ3n) is 3.54. The van der Waals surface area contributed by atoms with Gasteiger partial charge in [0.2, 0.25) is 0 Å². The Morgan fingerprint density at radius 3 is 2.48 bits per heavy atom. The number of rotatable bonds is 9. The third-order valence-corrected chi connectivity index (χ3v) is 3.54. The van der Waals surface area contributed by atoms with Crippen LogP contribution < -0.4 is 10.2 Å². The van der Waals surface area contributed by atoms with Crippen LogP contribution in [0.5, 0.6) is 0 Å². The van der Waals surface area contributed by atoms with Gasteiger partial charge in [-0.15, -0.1) is 0 Å². The van der Waals surface area contributed by atoms with Gasteiger partial charge in [0, 0.05) is 36.9 Å². The molecule has 0 saturated heterocycles. The molecule has 0 aliphatic carbocycles. The maximum absolute atomic E-state index is 14.2. The normalized spacial score (nSPS) is 11.4. The molecule has 1 N–H and O–H groups in total. The molecule has 1 aromatic carbocycles. The molecule has 0 radical (unpaired) electrons. The highest BCUT2D eigenvalue weighted by Crippen LogP contribution is 2.23. The molecule has 0 atom stereocenters. The zero-order valence-electron chi connectivity index (χ0n) is 14.1. The average Bonchev–Trinajstić information content (AvgIpc) is 2.41. The average molecular weight is 295 g/mol. The van der Waals surface area contributed by atoms with Crippen LogP contribution in [0.25, 0.3) is 0 Å². The van der Waals surface area contributed by atoms with E-state index in [4.69, 9.17) is 0 Å². The van der Waals surface area contributed by atoms with Gasteiger partial charge < -0.3 is 15.1 Å². The van der Waals surface area contributed by atoms with Gasteiger partial charge in [0.1, 0.15) is 5.82 Å². The van der Waals surface area contributed by atoms with Gasteiger partial charge in [-0.2, -0.15) is 0 Å². The molecule has 0 unspecified atom stereocenters. The molecule has 0 aliphatic heterocycles. The number of hydrogen-bond acceptors (Lipinski definition) is 3. The molecule has 0 bridgehead atoms. The molecule has 0 heterocycles. The number of anilines is 1. The van der Waals surface area contributed by atoms with E-state index < -0.39 is 0 Å².